The summed E-state index contributed by atoms with van der Waals surface area (Å²) in [4.78, 5) is 22.7. The molecule has 1 fully saturated rings. The second-order valence-corrected chi connectivity index (χ2v) is 5.79. The average molecular weight is 261 g/mol. The molecule has 0 aliphatic heterocycles. The van der Waals surface area contributed by atoms with Crippen LogP contribution >= 0.6 is 0 Å². The first-order valence-corrected chi connectivity index (χ1v) is 6.51. The highest BCUT2D eigenvalue weighted by Crippen LogP contribution is 2.52. The molecule has 0 aromatic heterocycles. The van der Waals surface area contributed by atoms with Gasteiger partial charge in [0.1, 0.15) is 0 Å². The largest absolute Gasteiger partial charge is 0.481 e. The van der Waals surface area contributed by atoms with Gasteiger partial charge in [-0.05, 0) is 29.9 Å². The molecular formula is C15H19NO3. The van der Waals surface area contributed by atoms with Crippen LogP contribution in [0.15, 0.2) is 24.3 Å². The first kappa shape index (κ1) is 13.6. The predicted molar refractivity (Wildman–Crippen MR) is 72.9 cm³/mol. The molecule has 1 aromatic carbocycles. The van der Waals surface area contributed by atoms with Gasteiger partial charge in [0.05, 0.1) is 0 Å². The number of carboxylic acid groups (broad SMARTS) is 1. The summed E-state index contributed by atoms with van der Waals surface area (Å²) in [6, 6.07) is 7.38. The van der Waals surface area contributed by atoms with E-state index in [1.165, 1.54) is 0 Å². The molecule has 0 spiro atoms. The fourth-order valence-electron chi connectivity index (χ4n) is 2.24. The zero-order valence-corrected chi connectivity index (χ0v) is 11.3. The van der Waals surface area contributed by atoms with Crippen LogP contribution in [0, 0.1) is 11.3 Å². The van der Waals surface area contributed by atoms with E-state index in [0.717, 1.165) is 17.7 Å². The SMILES string of the molecule is CC1(C)CC1C(=O)Nc1ccccc1CCC(=O)O. The first-order valence-electron chi connectivity index (χ1n) is 6.51. The van der Waals surface area contributed by atoms with Crippen molar-refractivity contribution in [1.82, 2.24) is 0 Å². The Morgan fingerprint density at radius 3 is 2.58 bits per heavy atom. The minimum Gasteiger partial charge on any atom is -0.481 e. The number of rotatable bonds is 5. The maximum atomic E-state index is 12.1. The van der Waals surface area contributed by atoms with E-state index in [0.29, 0.717) is 6.42 Å². The van der Waals surface area contributed by atoms with Gasteiger partial charge in [-0.25, -0.2) is 0 Å². The average Bonchev–Trinajstić information content (AvgIpc) is 2.97. The van der Waals surface area contributed by atoms with Gasteiger partial charge in [-0.15, -0.1) is 0 Å². The number of carbonyl (C=O) groups excluding carboxylic acids is 1. The molecule has 0 saturated heterocycles. The quantitative estimate of drug-likeness (QED) is 0.856. The van der Waals surface area contributed by atoms with Gasteiger partial charge in [0.25, 0.3) is 0 Å². The van der Waals surface area contributed by atoms with Crippen LogP contribution in [-0.4, -0.2) is 17.0 Å². The van der Waals surface area contributed by atoms with E-state index < -0.39 is 5.97 Å². The van der Waals surface area contributed by atoms with Crippen molar-refractivity contribution in [3.8, 4) is 0 Å². The van der Waals surface area contributed by atoms with E-state index in [2.05, 4.69) is 19.2 Å². The van der Waals surface area contributed by atoms with Crippen LogP contribution in [-0.2, 0) is 16.0 Å². The highest BCUT2D eigenvalue weighted by Gasteiger charge is 2.50. The fraction of sp³-hybridized carbons (Fsp3) is 0.467. The van der Waals surface area contributed by atoms with Crippen molar-refractivity contribution < 1.29 is 14.7 Å². The molecule has 0 radical (unpaired) electrons. The van der Waals surface area contributed by atoms with Crippen LogP contribution in [0.1, 0.15) is 32.3 Å². The Kier molecular flexibility index (Phi) is 3.60. The summed E-state index contributed by atoms with van der Waals surface area (Å²) in [7, 11) is 0. The second-order valence-electron chi connectivity index (χ2n) is 5.79. The normalized spacial score (nSPS) is 19.8. The zero-order valence-electron chi connectivity index (χ0n) is 11.3. The third-order valence-electron chi connectivity index (χ3n) is 3.71. The molecule has 1 aliphatic carbocycles. The molecule has 4 heteroatoms. The Balaban J connectivity index is 2.03. The van der Waals surface area contributed by atoms with Crippen LogP contribution in [0.4, 0.5) is 5.69 Å². The van der Waals surface area contributed by atoms with Crippen molar-refractivity contribution in [3.63, 3.8) is 0 Å². The van der Waals surface area contributed by atoms with Gasteiger partial charge in [-0.2, -0.15) is 0 Å². The number of amides is 1. The summed E-state index contributed by atoms with van der Waals surface area (Å²) in [6.45, 7) is 4.15. The minimum absolute atomic E-state index is 0.0350. The molecule has 102 valence electrons. The third kappa shape index (κ3) is 3.34. The Labute approximate surface area is 112 Å². The van der Waals surface area contributed by atoms with Crippen molar-refractivity contribution in [2.45, 2.75) is 33.1 Å². The second kappa shape index (κ2) is 5.03. The van der Waals surface area contributed by atoms with Crippen molar-refractivity contribution >= 4 is 17.6 Å². The summed E-state index contributed by atoms with van der Waals surface area (Å²) in [5.74, 6) is -0.725. The molecule has 1 amide bonds. The number of aryl methyl sites for hydroxylation is 1. The van der Waals surface area contributed by atoms with Crippen LogP contribution in [0.3, 0.4) is 0 Å². The molecule has 1 atom stereocenters. The molecule has 2 N–H and O–H groups in total. The van der Waals surface area contributed by atoms with Crippen LogP contribution in [0.2, 0.25) is 0 Å². The Morgan fingerprint density at radius 1 is 1.37 bits per heavy atom. The first-order chi connectivity index (χ1) is 8.90. The number of aliphatic carboxylic acids is 1. The number of nitrogens with one attached hydrogen (secondary N) is 1. The van der Waals surface area contributed by atoms with Crippen LogP contribution in [0.25, 0.3) is 0 Å². The predicted octanol–water partition coefficient (Wildman–Crippen LogP) is 2.69. The van der Waals surface area contributed by atoms with Gasteiger partial charge in [-0.1, -0.05) is 32.0 Å². The van der Waals surface area contributed by atoms with E-state index in [1.54, 1.807) is 0 Å². The molecule has 19 heavy (non-hydrogen) atoms. The molecule has 2 rings (SSSR count). The van der Waals surface area contributed by atoms with E-state index >= 15 is 0 Å². The van der Waals surface area contributed by atoms with Crippen LogP contribution in [0.5, 0.6) is 0 Å². The summed E-state index contributed by atoms with van der Waals surface area (Å²) in [5.41, 5.74) is 1.70. The third-order valence-corrected chi connectivity index (χ3v) is 3.71. The Morgan fingerprint density at radius 2 is 2.00 bits per heavy atom. The summed E-state index contributed by atoms with van der Waals surface area (Å²) in [5, 5.41) is 11.6. The fourth-order valence-corrected chi connectivity index (χ4v) is 2.24. The smallest absolute Gasteiger partial charge is 0.303 e. The number of para-hydroxylation sites is 1. The van der Waals surface area contributed by atoms with Gasteiger partial charge in [0, 0.05) is 18.0 Å². The summed E-state index contributed by atoms with van der Waals surface area (Å²) >= 11 is 0. The number of carboxylic acids is 1. The lowest BCUT2D eigenvalue weighted by Crippen LogP contribution is -2.17. The minimum atomic E-state index is -0.829. The van der Waals surface area contributed by atoms with Gasteiger partial charge in [0.15, 0.2) is 0 Å². The lowest BCUT2D eigenvalue weighted by Gasteiger charge is -2.11. The molecule has 1 aliphatic rings. The molecular weight excluding hydrogens is 242 g/mol. The molecule has 4 nitrogen and oxygen atoms in total. The lowest BCUT2D eigenvalue weighted by atomic mass is 10.1. The van der Waals surface area contributed by atoms with Crippen LogP contribution < -0.4 is 5.32 Å². The van der Waals surface area contributed by atoms with Crippen molar-refractivity contribution in [2.24, 2.45) is 11.3 Å². The van der Waals surface area contributed by atoms with E-state index in [1.807, 2.05) is 24.3 Å². The van der Waals surface area contributed by atoms with Gasteiger partial charge in [-0.3, -0.25) is 9.59 Å². The summed E-state index contributed by atoms with van der Waals surface area (Å²) < 4.78 is 0. The van der Waals surface area contributed by atoms with Crippen molar-refractivity contribution in [1.29, 1.82) is 0 Å². The highest BCUT2D eigenvalue weighted by molar-refractivity contribution is 5.95. The zero-order chi connectivity index (χ0) is 14.0. The van der Waals surface area contributed by atoms with E-state index in [-0.39, 0.29) is 23.7 Å². The number of benzene rings is 1. The van der Waals surface area contributed by atoms with E-state index in [9.17, 15) is 9.59 Å². The maximum absolute atomic E-state index is 12.1. The molecule has 1 saturated carbocycles. The van der Waals surface area contributed by atoms with Gasteiger partial charge >= 0.3 is 5.97 Å². The van der Waals surface area contributed by atoms with E-state index in [4.69, 9.17) is 5.11 Å². The van der Waals surface area contributed by atoms with Crippen molar-refractivity contribution in [2.75, 3.05) is 5.32 Å². The molecule has 0 heterocycles. The monoisotopic (exact) mass is 261 g/mol. The number of hydrogen-bond donors (Lipinski definition) is 2. The Bertz CT molecular complexity index is 508. The lowest BCUT2D eigenvalue weighted by molar-refractivity contribution is -0.137. The molecule has 1 unspecified atom stereocenters. The topological polar surface area (TPSA) is 66.4 Å². The van der Waals surface area contributed by atoms with Gasteiger partial charge < -0.3 is 10.4 Å². The highest BCUT2D eigenvalue weighted by atomic mass is 16.4. The number of hydrogen-bond acceptors (Lipinski definition) is 2. The van der Waals surface area contributed by atoms with Crippen molar-refractivity contribution in [3.05, 3.63) is 29.8 Å². The number of carbonyl (C=O) groups is 2. The maximum Gasteiger partial charge on any atom is 0.303 e. The Hall–Kier alpha value is -1.84. The summed E-state index contributed by atoms with van der Waals surface area (Å²) in [6.07, 6.45) is 1.41. The van der Waals surface area contributed by atoms with Gasteiger partial charge in [0.2, 0.25) is 5.91 Å². The molecule has 1 aromatic rings. The molecule has 0 bridgehead atoms. The standard InChI is InChI=1S/C15H19NO3/c1-15(2)9-11(15)14(19)16-12-6-4-3-5-10(12)7-8-13(17)18/h3-6,11H,7-9H2,1-2H3,(H,16,19)(H,17,18). The number of anilines is 1.